The molecule has 1 amide bonds. The molecule has 4 N–H and O–H groups in total. The van der Waals surface area contributed by atoms with E-state index in [1.54, 1.807) is 17.0 Å². The summed E-state index contributed by atoms with van der Waals surface area (Å²) in [7, 11) is 0. The summed E-state index contributed by atoms with van der Waals surface area (Å²) in [6.45, 7) is 2.57. The Bertz CT molecular complexity index is 933. The van der Waals surface area contributed by atoms with Crippen molar-refractivity contribution in [2.75, 3.05) is 26.2 Å². The van der Waals surface area contributed by atoms with Crippen molar-refractivity contribution in [2.45, 2.75) is 37.8 Å². The Kier molecular flexibility index (Phi) is 6.65. The van der Waals surface area contributed by atoms with Gasteiger partial charge in [0, 0.05) is 32.1 Å². The van der Waals surface area contributed by atoms with Crippen LogP contribution in [0.5, 0.6) is 5.75 Å². The highest BCUT2D eigenvalue weighted by atomic mass is 16.3. The van der Waals surface area contributed by atoms with Crippen molar-refractivity contribution in [3.05, 3.63) is 65.7 Å². The Hall–Kier alpha value is -3.06. The van der Waals surface area contributed by atoms with Gasteiger partial charge in [-0.3, -0.25) is 4.79 Å². The quantitative estimate of drug-likeness (QED) is 0.494. The SMILES string of the molecule is NC(=NCc1ccc(O)cc1)N1CCN(C(=O)C(O)(c2ccccc2)C2CCCC2)CC1. The number of carbonyl (C=O) groups is 1. The maximum atomic E-state index is 13.6. The van der Waals surface area contributed by atoms with Crippen LogP contribution in [0.3, 0.4) is 0 Å². The number of guanidine groups is 1. The molecule has 170 valence electrons. The van der Waals surface area contributed by atoms with Crippen molar-refractivity contribution in [1.29, 1.82) is 0 Å². The van der Waals surface area contributed by atoms with Crippen LogP contribution in [0.4, 0.5) is 0 Å². The molecule has 0 radical (unpaired) electrons. The first-order valence-electron chi connectivity index (χ1n) is 11.4. The number of aliphatic imine (C=N–C) groups is 1. The molecule has 1 atom stereocenters. The summed E-state index contributed by atoms with van der Waals surface area (Å²) in [6, 6.07) is 16.3. The fourth-order valence-corrected chi connectivity index (χ4v) is 4.82. The number of rotatable bonds is 5. The van der Waals surface area contributed by atoms with Crippen molar-refractivity contribution >= 4 is 11.9 Å². The zero-order valence-electron chi connectivity index (χ0n) is 18.4. The second kappa shape index (κ2) is 9.61. The van der Waals surface area contributed by atoms with Crippen molar-refractivity contribution in [2.24, 2.45) is 16.6 Å². The molecule has 4 rings (SSSR count). The van der Waals surface area contributed by atoms with E-state index in [9.17, 15) is 15.0 Å². The highest BCUT2D eigenvalue weighted by molar-refractivity contribution is 5.87. The number of phenols is 1. The Balaban J connectivity index is 1.41. The van der Waals surface area contributed by atoms with Crippen LogP contribution in [0.1, 0.15) is 36.8 Å². The number of carbonyl (C=O) groups excluding carboxylic acids is 1. The van der Waals surface area contributed by atoms with E-state index in [-0.39, 0.29) is 17.6 Å². The standard InChI is InChI=1S/C25H32N4O3/c26-24(27-18-19-10-12-22(30)13-11-19)29-16-14-28(15-17-29)23(31)25(32,21-8-4-5-9-21)20-6-2-1-3-7-20/h1-3,6-7,10-13,21,30,32H,4-5,8-9,14-18H2,(H2,26,27). The van der Waals surface area contributed by atoms with E-state index < -0.39 is 5.60 Å². The summed E-state index contributed by atoms with van der Waals surface area (Å²) in [4.78, 5) is 21.8. The van der Waals surface area contributed by atoms with Gasteiger partial charge in [-0.2, -0.15) is 0 Å². The van der Waals surface area contributed by atoms with Gasteiger partial charge in [0.05, 0.1) is 6.54 Å². The highest BCUT2D eigenvalue weighted by Crippen LogP contribution is 2.42. The molecule has 2 aromatic rings. The number of phenolic OH excluding ortho intramolecular Hbond substituents is 1. The predicted molar refractivity (Wildman–Crippen MR) is 124 cm³/mol. The summed E-state index contributed by atoms with van der Waals surface area (Å²) in [6.07, 6.45) is 3.84. The van der Waals surface area contributed by atoms with Crippen LogP contribution in [0.15, 0.2) is 59.6 Å². The van der Waals surface area contributed by atoms with Gasteiger partial charge in [-0.1, -0.05) is 55.3 Å². The van der Waals surface area contributed by atoms with Gasteiger partial charge in [-0.15, -0.1) is 0 Å². The van der Waals surface area contributed by atoms with Gasteiger partial charge in [-0.25, -0.2) is 4.99 Å². The number of piperazine rings is 1. The number of nitrogens with two attached hydrogens (primary N) is 1. The van der Waals surface area contributed by atoms with Gasteiger partial charge < -0.3 is 25.7 Å². The van der Waals surface area contributed by atoms with E-state index in [4.69, 9.17) is 5.73 Å². The first-order chi connectivity index (χ1) is 15.5. The van der Waals surface area contributed by atoms with Crippen LogP contribution in [-0.2, 0) is 16.9 Å². The second-order valence-electron chi connectivity index (χ2n) is 8.73. The maximum Gasteiger partial charge on any atom is 0.259 e. The molecule has 2 aromatic carbocycles. The van der Waals surface area contributed by atoms with Crippen LogP contribution in [0.25, 0.3) is 0 Å². The minimum atomic E-state index is -1.47. The third-order valence-corrected chi connectivity index (χ3v) is 6.74. The van der Waals surface area contributed by atoms with Crippen LogP contribution in [-0.4, -0.2) is 58.1 Å². The van der Waals surface area contributed by atoms with E-state index in [1.165, 1.54) is 0 Å². The Labute approximate surface area is 189 Å². The normalized spacial score (nSPS) is 19.7. The first kappa shape index (κ1) is 22.1. The molecule has 1 aliphatic carbocycles. The maximum absolute atomic E-state index is 13.6. The second-order valence-corrected chi connectivity index (χ2v) is 8.73. The molecule has 7 heteroatoms. The van der Waals surface area contributed by atoms with Crippen LogP contribution >= 0.6 is 0 Å². The molecule has 1 heterocycles. The summed E-state index contributed by atoms with van der Waals surface area (Å²) in [5.41, 5.74) is 6.38. The Morgan fingerprint density at radius 2 is 1.56 bits per heavy atom. The molecule has 1 saturated heterocycles. The van der Waals surface area contributed by atoms with E-state index >= 15 is 0 Å². The number of benzene rings is 2. The zero-order chi connectivity index (χ0) is 22.6. The molecule has 0 spiro atoms. The van der Waals surface area contributed by atoms with Gasteiger partial charge in [0.2, 0.25) is 0 Å². The van der Waals surface area contributed by atoms with Crippen molar-refractivity contribution in [3.8, 4) is 5.75 Å². The molecule has 1 unspecified atom stereocenters. The number of aromatic hydroxyl groups is 1. The minimum Gasteiger partial charge on any atom is -0.508 e. The van der Waals surface area contributed by atoms with Crippen molar-refractivity contribution in [3.63, 3.8) is 0 Å². The van der Waals surface area contributed by atoms with E-state index in [0.717, 1.165) is 31.2 Å². The average Bonchev–Trinajstić information content (AvgIpc) is 3.39. The first-order valence-corrected chi connectivity index (χ1v) is 11.4. The zero-order valence-corrected chi connectivity index (χ0v) is 18.4. The van der Waals surface area contributed by atoms with E-state index in [0.29, 0.717) is 44.2 Å². The summed E-state index contributed by atoms with van der Waals surface area (Å²) in [5.74, 6) is 0.418. The lowest BCUT2D eigenvalue weighted by atomic mass is 9.79. The third kappa shape index (κ3) is 4.58. The number of amides is 1. The lowest BCUT2D eigenvalue weighted by molar-refractivity contribution is -0.160. The van der Waals surface area contributed by atoms with Gasteiger partial charge in [0.25, 0.3) is 5.91 Å². The van der Waals surface area contributed by atoms with Gasteiger partial charge in [-0.05, 0) is 36.1 Å². The number of nitrogens with zero attached hydrogens (tertiary/aromatic N) is 3. The monoisotopic (exact) mass is 436 g/mol. The number of aliphatic hydroxyl groups is 1. The molecular weight excluding hydrogens is 404 g/mol. The molecule has 1 saturated carbocycles. The fourth-order valence-electron chi connectivity index (χ4n) is 4.82. The smallest absolute Gasteiger partial charge is 0.259 e. The highest BCUT2D eigenvalue weighted by Gasteiger charge is 2.48. The Morgan fingerprint density at radius 3 is 2.19 bits per heavy atom. The van der Waals surface area contributed by atoms with E-state index in [1.807, 2.05) is 47.4 Å². The average molecular weight is 437 g/mol. The molecule has 0 bridgehead atoms. The molecular formula is C25H32N4O3. The topological polar surface area (TPSA) is 102 Å². The van der Waals surface area contributed by atoms with Crippen molar-refractivity contribution in [1.82, 2.24) is 9.80 Å². The predicted octanol–water partition coefficient (Wildman–Crippen LogP) is 2.43. The molecule has 1 aliphatic heterocycles. The van der Waals surface area contributed by atoms with Crippen molar-refractivity contribution < 1.29 is 15.0 Å². The van der Waals surface area contributed by atoms with Crippen LogP contribution in [0, 0.1) is 5.92 Å². The minimum absolute atomic E-state index is 0.0487. The van der Waals surface area contributed by atoms with E-state index in [2.05, 4.69) is 4.99 Å². The molecule has 7 nitrogen and oxygen atoms in total. The van der Waals surface area contributed by atoms with Gasteiger partial charge >= 0.3 is 0 Å². The van der Waals surface area contributed by atoms with Gasteiger partial charge in [0.15, 0.2) is 11.6 Å². The molecule has 2 fully saturated rings. The third-order valence-electron chi connectivity index (χ3n) is 6.74. The fraction of sp³-hybridized carbons (Fsp3) is 0.440. The lowest BCUT2D eigenvalue weighted by Gasteiger charge is -2.41. The number of hydrogen-bond acceptors (Lipinski definition) is 4. The summed E-state index contributed by atoms with van der Waals surface area (Å²) in [5, 5.41) is 21.1. The summed E-state index contributed by atoms with van der Waals surface area (Å²) < 4.78 is 0. The number of hydrogen-bond donors (Lipinski definition) is 3. The largest absolute Gasteiger partial charge is 0.508 e. The molecule has 32 heavy (non-hydrogen) atoms. The molecule has 0 aromatic heterocycles. The van der Waals surface area contributed by atoms with Crippen LogP contribution < -0.4 is 5.73 Å². The lowest BCUT2D eigenvalue weighted by Crippen LogP contribution is -2.58. The Morgan fingerprint density at radius 1 is 0.969 bits per heavy atom. The van der Waals surface area contributed by atoms with Gasteiger partial charge in [0.1, 0.15) is 5.75 Å². The summed E-state index contributed by atoms with van der Waals surface area (Å²) >= 11 is 0. The molecule has 2 aliphatic rings. The van der Waals surface area contributed by atoms with Crippen LogP contribution in [0.2, 0.25) is 0 Å².